The minimum absolute atomic E-state index is 0.0772. The number of carbonyl (C=O) groups is 1. The van der Waals surface area contributed by atoms with Gasteiger partial charge in [0.1, 0.15) is 0 Å². The van der Waals surface area contributed by atoms with Crippen molar-refractivity contribution in [3.8, 4) is 0 Å². The number of nitrogens with zero attached hydrogens (tertiary/aromatic N) is 2. The van der Waals surface area contributed by atoms with Gasteiger partial charge in [0.2, 0.25) is 10.0 Å². The van der Waals surface area contributed by atoms with E-state index in [1.165, 1.54) is 11.0 Å². The summed E-state index contributed by atoms with van der Waals surface area (Å²) in [5.74, 6) is 0. The van der Waals surface area contributed by atoms with Crippen molar-refractivity contribution in [1.82, 2.24) is 9.62 Å². The van der Waals surface area contributed by atoms with Crippen LogP contribution >= 0.6 is 0 Å². The van der Waals surface area contributed by atoms with Crippen LogP contribution in [0.3, 0.4) is 0 Å². The summed E-state index contributed by atoms with van der Waals surface area (Å²) >= 11 is 0. The van der Waals surface area contributed by atoms with E-state index in [9.17, 15) is 26.4 Å². The summed E-state index contributed by atoms with van der Waals surface area (Å²) in [6, 6.07) is 2.54. The Morgan fingerprint density at radius 3 is 2.43 bits per heavy atom. The second-order valence-electron chi connectivity index (χ2n) is 7.82. The largest absolute Gasteiger partial charge is 0.416 e. The van der Waals surface area contributed by atoms with Crippen LogP contribution in [-0.2, 0) is 16.2 Å². The van der Waals surface area contributed by atoms with Gasteiger partial charge in [-0.05, 0) is 50.3 Å². The highest BCUT2D eigenvalue weighted by Gasteiger charge is 2.33. The number of hydrogen-bond donors (Lipinski definition) is 2. The number of amides is 2. The van der Waals surface area contributed by atoms with Gasteiger partial charge >= 0.3 is 12.2 Å². The van der Waals surface area contributed by atoms with Gasteiger partial charge in [0.05, 0.1) is 23.2 Å². The molecule has 0 spiro atoms. The molecule has 2 aliphatic rings. The molecular formula is C19H27F3N4O3S. The Bertz CT molecular complexity index is 870. The van der Waals surface area contributed by atoms with Crippen molar-refractivity contribution in [3.05, 3.63) is 23.8 Å². The summed E-state index contributed by atoms with van der Waals surface area (Å²) in [6.07, 6.45) is 0.644. The Morgan fingerprint density at radius 1 is 1.13 bits per heavy atom. The maximum atomic E-state index is 13.2. The van der Waals surface area contributed by atoms with Crippen LogP contribution in [0.4, 0.5) is 29.3 Å². The molecule has 2 heterocycles. The summed E-state index contributed by atoms with van der Waals surface area (Å²) in [6.45, 7) is 1.94. The van der Waals surface area contributed by atoms with Crippen molar-refractivity contribution in [2.45, 2.75) is 44.3 Å². The molecule has 2 saturated heterocycles. The molecule has 2 amide bonds. The first-order chi connectivity index (χ1) is 14.0. The molecule has 0 aromatic heterocycles. The smallest absolute Gasteiger partial charge is 0.370 e. The fourth-order valence-corrected chi connectivity index (χ4v) is 4.46. The van der Waals surface area contributed by atoms with Crippen LogP contribution in [-0.4, -0.2) is 57.8 Å². The zero-order chi connectivity index (χ0) is 21.9. The van der Waals surface area contributed by atoms with E-state index < -0.39 is 27.8 Å². The van der Waals surface area contributed by atoms with Gasteiger partial charge in [-0.15, -0.1) is 0 Å². The molecule has 1 aromatic carbocycles. The number of urea groups is 1. The van der Waals surface area contributed by atoms with Crippen molar-refractivity contribution >= 4 is 27.4 Å². The lowest BCUT2D eigenvalue weighted by molar-refractivity contribution is -0.137. The Kier molecular flexibility index (Phi) is 6.81. The van der Waals surface area contributed by atoms with Gasteiger partial charge in [0, 0.05) is 32.2 Å². The van der Waals surface area contributed by atoms with Crippen LogP contribution in [0.15, 0.2) is 18.2 Å². The second-order valence-corrected chi connectivity index (χ2v) is 9.65. The van der Waals surface area contributed by atoms with Crippen molar-refractivity contribution in [3.63, 3.8) is 0 Å². The number of alkyl halides is 3. The molecule has 30 heavy (non-hydrogen) atoms. The maximum Gasteiger partial charge on any atom is 0.416 e. The average Bonchev–Trinajstić information content (AvgIpc) is 3.20. The topological polar surface area (TPSA) is 81.8 Å². The van der Waals surface area contributed by atoms with E-state index in [1.54, 1.807) is 0 Å². The van der Waals surface area contributed by atoms with Crippen molar-refractivity contribution < 1.29 is 26.4 Å². The monoisotopic (exact) mass is 448 g/mol. The van der Waals surface area contributed by atoms with Gasteiger partial charge in [-0.25, -0.2) is 17.9 Å². The lowest BCUT2D eigenvalue weighted by atomic mass is 10.0. The molecule has 7 nitrogen and oxygen atoms in total. The summed E-state index contributed by atoms with van der Waals surface area (Å²) in [4.78, 5) is 16.4. The molecule has 3 rings (SSSR count). The van der Waals surface area contributed by atoms with Crippen molar-refractivity contribution in [2.75, 3.05) is 42.7 Å². The molecule has 0 saturated carbocycles. The first kappa shape index (κ1) is 22.7. The molecule has 0 radical (unpaired) electrons. The van der Waals surface area contributed by atoms with Crippen molar-refractivity contribution in [2.24, 2.45) is 0 Å². The van der Waals surface area contributed by atoms with E-state index in [-0.39, 0.29) is 18.3 Å². The van der Waals surface area contributed by atoms with Crippen LogP contribution in [0, 0.1) is 0 Å². The molecular weight excluding hydrogens is 421 g/mol. The number of sulfonamides is 1. The molecule has 168 valence electrons. The fraction of sp³-hybridized carbons (Fsp3) is 0.632. The van der Waals surface area contributed by atoms with E-state index in [1.807, 2.05) is 4.90 Å². The Balaban J connectivity index is 1.82. The number of benzene rings is 1. The minimum atomic E-state index is -4.52. The zero-order valence-corrected chi connectivity index (χ0v) is 17.7. The normalized spacial score (nSPS) is 20.5. The van der Waals surface area contributed by atoms with Crippen molar-refractivity contribution in [1.29, 1.82) is 0 Å². The highest BCUT2D eigenvalue weighted by molar-refractivity contribution is 7.88. The lowest BCUT2D eigenvalue weighted by Crippen LogP contribution is -2.50. The molecule has 1 unspecified atom stereocenters. The van der Waals surface area contributed by atoms with E-state index in [0.29, 0.717) is 18.7 Å². The van der Waals surface area contributed by atoms with E-state index >= 15 is 0 Å². The Morgan fingerprint density at radius 2 is 1.80 bits per heavy atom. The molecule has 11 heteroatoms. The summed E-state index contributed by atoms with van der Waals surface area (Å²) < 4.78 is 65.0. The molecule has 2 aliphatic heterocycles. The standard InChI is InChI=1S/C19H27F3N4O3S/c1-30(28,29)23-13-15-6-2-3-11-26(15)18(27)24-16-12-14(19(20,21)22)7-8-17(16)25-9-4-5-10-25/h7-8,12,15,23H,2-6,9-11,13H2,1H3,(H,24,27). The molecule has 2 fully saturated rings. The highest BCUT2D eigenvalue weighted by atomic mass is 32.2. The Hall–Kier alpha value is -2.01. The number of anilines is 2. The summed E-state index contributed by atoms with van der Waals surface area (Å²) in [5, 5.41) is 2.66. The number of carbonyl (C=O) groups excluding carboxylic acids is 1. The summed E-state index contributed by atoms with van der Waals surface area (Å²) in [7, 11) is -3.41. The van der Waals surface area contributed by atoms with Crippen LogP contribution in [0.1, 0.15) is 37.7 Å². The lowest BCUT2D eigenvalue weighted by Gasteiger charge is -2.36. The third kappa shape index (κ3) is 5.78. The van der Waals surface area contributed by atoms with Gasteiger partial charge in [0.15, 0.2) is 0 Å². The number of likely N-dealkylation sites (tertiary alicyclic amines) is 1. The molecule has 1 aromatic rings. The number of rotatable bonds is 5. The van der Waals surface area contributed by atoms with E-state index in [4.69, 9.17) is 0 Å². The fourth-order valence-electron chi connectivity index (χ4n) is 3.96. The second kappa shape index (κ2) is 9.01. The van der Waals surface area contributed by atoms with Crippen LogP contribution in [0.5, 0.6) is 0 Å². The Labute approximate surface area is 174 Å². The van der Waals surface area contributed by atoms with Gasteiger partial charge in [-0.2, -0.15) is 13.2 Å². The molecule has 1 atom stereocenters. The molecule has 0 aliphatic carbocycles. The number of hydrogen-bond acceptors (Lipinski definition) is 4. The number of nitrogens with one attached hydrogen (secondary N) is 2. The van der Waals surface area contributed by atoms with Gasteiger partial charge in [0.25, 0.3) is 0 Å². The molecule has 2 N–H and O–H groups in total. The predicted molar refractivity (Wildman–Crippen MR) is 109 cm³/mol. The summed E-state index contributed by atoms with van der Waals surface area (Å²) in [5.41, 5.74) is -0.136. The van der Waals surface area contributed by atoms with Crippen LogP contribution in [0.2, 0.25) is 0 Å². The van der Waals surface area contributed by atoms with Gasteiger partial charge in [-0.1, -0.05) is 0 Å². The SMILES string of the molecule is CS(=O)(=O)NCC1CCCCN1C(=O)Nc1cc(C(F)(F)F)ccc1N1CCCC1. The highest BCUT2D eigenvalue weighted by Crippen LogP contribution is 2.36. The molecule has 0 bridgehead atoms. The first-order valence-electron chi connectivity index (χ1n) is 10.0. The number of halogens is 3. The third-order valence-electron chi connectivity index (χ3n) is 5.48. The van der Waals surface area contributed by atoms with Gasteiger partial charge in [-0.3, -0.25) is 0 Å². The average molecular weight is 449 g/mol. The van der Waals surface area contributed by atoms with Crippen LogP contribution in [0.25, 0.3) is 0 Å². The van der Waals surface area contributed by atoms with Crippen LogP contribution < -0.4 is 14.9 Å². The first-order valence-corrected chi connectivity index (χ1v) is 11.9. The van der Waals surface area contributed by atoms with E-state index in [0.717, 1.165) is 57.2 Å². The minimum Gasteiger partial charge on any atom is -0.370 e. The predicted octanol–water partition coefficient (Wildman–Crippen LogP) is 3.24. The van der Waals surface area contributed by atoms with Gasteiger partial charge < -0.3 is 15.1 Å². The zero-order valence-electron chi connectivity index (χ0n) is 16.8. The maximum absolute atomic E-state index is 13.2. The quantitative estimate of drug-likeness (QED) is 0.725. The number of piperidine rings is 1. The van der Waals surface area contributed by atoms with E-state index in [2.05, 4.69) is 10.0 Å². The third-order valence-corrected chi connectivity index (χ3v) is 6.17.